The lowest BCUT2D eigenvalue weighted by atomic mass is 10.1. The fourth-order valence-corrected chi connectivity index (χ4v) is 5.12. The van der Waals surface area contributed by atoms with Gasteiger partial charge < -0.3 is 20.3 Å². The molecule has 11 heteroatoms. The standard InChI is InChI=1S/C28H31FN8O2/c29-22-8-4-7-21(17-22)25-24-26(30)37(18-20-5-2-1-3-6-20)33-27(24)32-28(31-25)36-11-9-34(10-12-36)19-23(38)35-13-15-39-16-14-35/h1-8,17H,9-16,18-19,30H2. The van der Waals surface area contributed by atoms with E-state index < -0.39 is 0 Å². The molecule has 39 heavy (non-hydrogen) atoms. The van der Waals surface area contributed by atoms with E-state index in [9.17, 15) is 9.18 Å². The van der Waals surface area contributed by atoms with Crippen LogP contribution in [0.15, 0.2) is 54.6 Å². The summed E-state index contributed by atoms with van der Waals surface area (Å²) < 4.78 is 21.3. The third-order valence-electron chi connectivity index (χ3n) is 7.28. The second kappa shape index (κ2) is 11.0. The quantitative estimate of drug-likeness (QED) is 0.405. The Morgan fingerprint density at radius 1 is 0.949 bits per heavy atom. The van der Waals surface area contributed by atoms with Gasteiger partial charge in [-0.05, 0) is 17.7 Å². The fourth-order valence-electron chi connectivity index (χ4n) is 5.12. The van der Waals surface area contributed by atoms with Crippen molar-refractivity contribution in [2.24, 2.45) is 0 Å². The molecular formula is C28H31FN8O2. The molecule has 0 bridgehead atoms. The molecule has 0 radical (unpaired) electrons. The van der Waals surface area contributed by atoms with Gasteiger partial charge in [0, 0.05) is 44.8 Å². The van der Waals surface area contributed by atoms with Crippen LogP contribution in [-0.2, 0) is 16.1 Å². The molecule has 0 saturated carbocycles. The zero-order valence-corrected chi connectivity index (χ0v) is 21.7. The lowest BCUT2D eigenvalue weighted by molar-refractivity contribution is -0.136. The normalized spacial score (nSPS) is 16.6. The number of rotatable bonds is 6. The van der Waals surface area contributed by atoms with Crippen LogP contribution >= 0.6 is 0 Å². The number of hydrogen-bond donors (Lipinski definition) is 1. The van der Waals surface area contributed by atoms with Crippen LogP contribution in [-0.4, -0.2) is 94.5 Å². The van der Waals surface area contributed by atoms with Crippen molar-refractivity contribution in [2.45, 2.75) is 6.54 Å². The molecular weight excluding hydrogens is 499 g/mol. The molecule has 2 aromatic carbocycles. The van der Waals surface area contributed by atoms with E-state index in [1.54, 1.807) is 10.7 Å². The van der Waals surface area contributed by atoms with Crippen LogP contribution in [0.3, 0.4) is 0 Å². The number of nitrogen functional groups attached to an aromatic ring is 1. The number of aromatic nitrogens is 4. The molecule has 6 rings (SSSR count). The number of nitrogens with zero attached hydrogens (tertiary/aromatic N) is 7. The van der Waals surface area contributed by atoms with Crippen molar-refractivity contribution in [3.63, 3.8) is 0 Å². The van der Waals surface area contributed by atoms with E-state index in [4.69, 9.17) is 25.5 Å². The molecule has 1 amide bonds. The molecule has 10 nitrogen and oxygen atoms in total. The van der Waals surface area contributed by atoms with Gasteiger partial charge >= 0.3 is 0 Å². The third-order valence-corrected chi connectivity index (χ3v) is 7.28. The average Bonchev–Trinajstić information content (AvgIpc) is 3.28. The van der Waals surface area contributed by atoms with Crippen molar-refractivity contribution in [2.75, 3.05) is 69.7 Å². The fraction of sp³-hybridized carbons (Fsp3) is 0.357. The number of fused-ring (bicyclic) bond motifs is 1. The first kappa shape index (κ1) is 25.2. The highest BCUT2D eigenvalue weighted by Gasteiger charge is 2.26. The van der Waals surface area contributed by atoms with Gasteiger partial charge in [-0.3, -0.25) is 9.69 Å². The number of benzene rings is 2. The Labute approximate surface area is 225 Å². The molecule has 2 aliphatic heterocycles. The number of ether oxygens (including phenoxy) is 1. The third kappa shape index (κ3) is 5.41. The highest BCUT2D eigenvalue weighted by molar-refractivity contribution is 5.99. The van der Waals surface area contributed by atoms with Gasteiger partial charge in [0.25, 0.3) is 0 Å². The zero-order chi connectivity index (χ0) is 26.8. The average molecular weight is 531 g/mol. The highest BCUT2D eigenvalue weighted by Crippen LogP contribution is 2.33. The van der Waals surface area contributed by atoms with Crippen molar-refractivity contribution >= 4 is 28.7 Å². The molecule has 0 atom stereocenters. The molecule has 2 aromatic heterocycles. The number of piperazine rings is 1. The Morgan fingerprint density at radius 3 is 2.46 bits per heavy atom. The Balaban J connectivity index is 1.27. The molecule has 2 aliphatic rings. The van der Waals surface area contributed by atoms with Gasteiger partial charge in [-0.25, -0.2) is 14.1 Å². The van der Waals surface area contributed by atoms with Gasteiger partial charge in [0.2, 0.25) is 11.9 Å². The van der Waals surface area contributed by atoms with Crippen molar-refractivity contribution in [3.05, 3.63) is 66.0 Å². The summed E-state index contributed by atoms with van der Waals surface area (Å²) in [5.41, 5.74) is 9.27. The van der Waals surface area contributed by atoms with Gasteiger partial charge in [0.1, 0.15) is 11.6 Å². The largest absolute Gasteiger partial charge is 0.383 e. The summed E-state index contributed by atoms with van der Waals surface area (Å²) >= 11 is 0. The van der Waals surface area contributed by atoms with E-state index in [-0.39, 0.29) is 11.7 Å². The van der Waals surface area contributed by atoms with Crippen LogP contribution in [0, 0.1) is 5.82 Å². The Morgan fingerprint density at radius 2 is 1.72 bits per heavy atom. The minimum absolute atomic E-state index is 0.136. The first-order valence-electron chi connectivity index (χ1n) is 13.2. The number of halogens is 1. The summed E-state index contributed by atoms with van der Waals surface area (Å²) in [4.78, 5) is 28.5. The van der Waals surface area contributed by atoms with Crippen molar-refractivity contribution in [3.8, 4) is 11.3 Å². The molecule has 0 spiro atoms. The topological polar surface area (TPSA) is 106 Å². The minimum Gasteiger partial charge on any atom is -0.383 e. The molecule has 2 N–H and O–H groups in total. The smallest absolute Gasteiger partial charge is 0.236 e. The van der Waals surface area contributed by atoms with Crippen molar-refractivity contribution in [1.82, 2.24) is 29.5 Å². The second-order valence-electron chi connectivity index (χ2n) is 9.87. The number of morpholine rings is 1. The van der Waals surface area contributed by atoms with Crippen LogP contribution in [0.25, 0.3) is 22.3 Å². The van der Waals surface area contributed by atoms with Gasteiger partial charge in [0.05, 0.1) is 37.4 Å². The van der Waals surface area contributed by atoms with Crippen molar-refractivity contribution in [1.29, 1.82) is 0 Å². The van der Waals surface area contributed by atoms with Crippen LogP contribution in [0.2, 0.25) is 0 Å². The Bertz CT molecular complexity index is 1460. The van der Waals surface area contributed by atoms with E-state index in [0.717, 1.165) is 5.56 Å². The van der Waals surface area contributed by atoms with Gasteiger partial charge in [-0.15, -0.1) is 5.10 Å². The molecule has 0 unspecified atom stereocenters. The first-order chi connectivity index (χ1) is 19.0. The van der Waals surface area contributed by atoms with Crippen LogP contribution < -0.4 is 10.6 Å². The molecule has 4 aromatic rings. The molecule has 0 aliphatic carbocycles. The molecule has 2 fully saturated rings. The monoisotopic (exact) mass is 530 g/mol. The summed E-state index contributed by atoms with van der Waals surface area (Å²) in [5, 5.41) is 5.33. The van der Waals surface area contributed by atoms with Crippen molar-refractivity contribution < 1.29 is 13.9 Å². The number of nitrogens with two attached hydrogens (primary N) is 1. The molecule has 4 heterocycles. The van der Waals surface area contributed by atoms with E-state index in [1.165, 1.54) is 12.1 Å². The number of carbonyl (C=O) groups excluding carboxylic acids is 1. The maximum atomic E-state index is 14.2. The maximum Gasteiger partial charge on any atom is 0.236 e. The number of amides is 1. The predicted octanol–water partition coefficient (Wildman–Crippen LogP) is 2.24. The second-order valence-corrected chi connectivity index (χ2v) is 9.87. The molecule has 202 valence electrons. The van der Waals surface area contributed by atoms with E-state index >= 15 is 0 Å². The summed E-state index contributed by atoms with van der Waals surface area (Å²) in [7, 11) is 0. The van der Waals surface area contributed by atoms with E-state index in [0.29, 0.717) is 99.6 Å². The first-order valence-corrected chi connectivity index (χ1v) is 13.2. The lowest BCUT2D eigenvalue weighted by Gasteiger charge is -2.36. The Kier molecular flexibility index (Phi) is 7.08. The number of carbonyl (C=O) groups is 1. The summed E-state index contributed by atoms with van der Waals surface area (Å²) in [5.74, 6) is 0.739. The minimum atomic E-state index is -0.352. The highest BCUT2D eigenvalue weighted by atomic mass is 19.1. The van der Waals surface area contributed by atoms with Crippen LogP contribution in [0.1, 0.15) is 5.56 Å². The van der Waals surface area contributed by atoms with E-state index in [1.807, 2.05) is 41.3 Å². The predicted molar refractivity (Wildman–Crippen MR) is 147 cm³/mol. The number of hydrogen-bond acceptors (Lipinski definition) is 8. The van der Waals surface area contributed by atoms with Crippen LogP contribution in [0.5, 0.6) is 0 Å². The van der Waals surface area contributed by atoms with E-state index in [2.05, 4.69) is 9.80 Å². The lowest BCUT2D eigenvalue weighted by Crippen LogP contribution is -2.51. The van der Waals surface area contributed by atoms with Gasteiger partial charge in [0.15, 0.2) is 5.65 Å². The summed E-state index contributed by atoms with van der Waals surface area (Å²) in [6, 6.07) is 16.3. The summed E-state index contributed by atoms with van der Waals surface area (Å²) in [6.45, 7) is 6.09. The van der Waals surface area contributed by atoms with Crippen LogP contribution in [0.4, 0.5) is 16.2 Å². The Hall–Kier alpha value is -4.09. The zero-order valence-electron chi connectivity index (χ0n) is 21.7. The maximum absolute atomic E-state index is 14.2. The summed E-state index contributed by atoms with van der Waals surface area (Å²) in [6.07, 6.45) is 0. The SMILES string of the molecule is Nc1c2c(-c3cccc(F)c3)nc(N3CCN(CC(=O)N4CCOCC4)CC3)nc2nn1Cc1ccccc1. The van der Waals surface area contributed by atoms with Gasteiger partial charge in [-0.2, -0.15) is 4.98 Å². The van der Waals surface area contributed by atoms with Gasteiger partial charge in [-0.1, -0.05) is 42.5 Å². The number of anilines is 2. The molecule has 2 saturated heterocycles.